The first-order valence-electron chi connectivity index (χ1n) is 6.73. The van der Waals surface area contributed by atoms with Gasteiger partial charge in [0.2, 0.25) is 10.0 Å². The molecular formula is C15H14N2O4S2. The van der Waals surface area contributed by atoms with Gasteiger partial charge in [-0.2, -0.15) is 0 Å². The van der Waals surface area contributed by atoms with E-state index in [1.165, 1.54) is 6.07 Å². The molecule has 0 spiro atoms. The van der Waals surface area contributed by atoms with Gasteiger partial charge in [-0.25, -0.2) is 13.1 Å². The van der Waals surface area contributed by atoms with Crippen molar-refractivity contribution in [1.29, 1.82) is 0 Å². The van der Waals surface area contributed by atoms with Crippen molar-refractivity contribution in [2.45, 2.75) is 10.8 Å². The maximum Gasteiger partial charge on any atom is 0.252 e. The molecule has 0 radical (unpaired) electrons. The second kappa shape index (κ2) is 6.15. The van der Waals surface area contributed by atoms with Crippen LogP contribution in [0.3, 0.4) is 0 Å². The summed E-state index contributed by atoms with van der Waals surface area (Å²) in [5.41, 5.74) is 0.654. The number of thiophene rings is 1. The van der Waals surface area contributed by atoms with Crippen molar-refractivity contribution in [2.75, 3.05) is 7.11 Å². The highest BCUT2D eigenvalue weighted by molar-refractivity contribution is 7.91. The molecule has 0 atom stereocenters. The lowest BCUT2D eigenvalue weighted by atomic mass is 10.1. The Morgan fingerprint density at radius 2 is 2.09 bits per heavy atom. The average Bonchev–Trinajstić information content (AvgIpc) is 3.07. The molecule has 0 unspecified atom stereocenters. The minimum atomic E-state index is -3.60. The molecule has 23 heavy (non-hydrogen) atoms. The number of hydrogen-bond acceptors (Lipinski definition) is 5. The van der Waals surface area contributed by atoms with Crippen LogP contribution in [0.1, 0.15) is 5.56 Å². The lowest BCUT2D eigenvalue weighted by Crippen LogP contribution is -2.26. The standard InChI is InChI=1S/C15H14N2O4S2/c1-21-12-5-4-10-7-11(15(18)17-13(10)8-12)9-16-23(19,20)14-3-2-6-22-14/h2-8,16H,9H2,1H3,(H,17,18). The van der Waals surface area contributed by atoms with Gasteiger partial charge in [-0.15, -0.1) is 11.3 Å². The van der Waals surface area contributed by atoms with E-state index in [4.69, 9.17) is 4.74 Å². The van der Waals surface area contributed by atoms with Gasteiger partial charge in [0.05, 0.1) is 12.6 Å². The van der Waals surface area contributed by atoms with E-state index in [0.29, 0.717) is 16.8 Å². The number of hydrogen-bond donors (Lipinski definition) is 2. The zero-order valence-corrected chi connectivity index (χ0v) is 13.8. The maximum absolute atomic E-state index is 12.1. The molecule has 0 bridgehead atoms. The predicted octanol–water partition coefficient (Wildman–Crippen LogP) is 2.08. The summed E-state index contributed by atoms with van der Waals surface area (Å²) in [4.78, 5) is 14.8. The largest absolute Gasteiger partial charge is 0.497 e. The number of nitrogens with one attached hydrogen (secondary N) is 2. The Kier molecular flexibility index (Phi) is 4.20. The van der Waals surface area contributed by atoms with E-state index in [-0.39, 0.29) is 16.3 Å². The van der Waals surface area contributed by atoms with Gasteiger partial charge in [0.1, 0.15) is 9.96 Å². The lowest BCUT2D eigenvalue weighted by Gasteiger charge is -2.07. The van der Waals surface area contributed by atoms with Crippen LogP contribution in [0.2, 0.25) is 0 Å². The van der Waals surface area contributed by atoms with Gasteiger partial charge >= 0.3 is 0 Å². The number of pyridine rings is 1. The van der Waals surface area contributed by atoms with Crippen molar-refractivity contribution >= 4 is 32.3 Å². The molecule has 2 N–H and O–H groups in total. The van der Waals surface area contributed by atoms with Crippen molar-refractivity contribution in [1.82, 2.24) is 9.71 Å². The summed E-state index contributed by atoms with van der Waals surface area (Å²) in [7, 11) is -2.05. The van der Waals surface area contributed by atoms with Crippen LogP contribution in [-0.2, 0) is 16.6 Å². The molecule has 0 saturated heterocycles. The first-order valence-corrected chi connectivity index (χ1v) is 9.09. The number of aromatic amines is 1. The number of methoxy groups -OCH3 is 1. The van der Waals surface area contributed by atoms with Crippen LogP contribution in [-0.4, -0.2) is 20.5 Å². The summed E-state index contributed by atoms with van der Waals surface area (Å²) in [5.74, 6) is 0.638. The van der Waals surface area contributed by atoms with Gasteiger partial charge in [0, 0.05) is 18.2 Å². The number of H-pyrrole nitrogens is 1. The van der Waals surface area contributed by atoms with E-state index in [9.17, 15) is 13.2 Å². The van der Waals surface area contributed by atoms with Crippen LogP contribution in [0.15, 0.2) is 50.8 Å². The second-order valence-corrected chi connectivity index (χ2v) is 7.78. The van der Waals surface area contributed by atoms with Gasteiger partial charge in [0.15, 0.2) is 0 Å². The molecule has 8 heteroatoms. The topological polar surface area (TPSA) is 88.3 Å². The highest BCUT2D eigenvalue weighted by Crippen LogP contribution is 2.19. The molecule has 120 valence electrons. The fourth-order valence-electron chi connectivity index (χ4n) is 2.14. The molecular weight excluding hydrogens is 336 g/mol. The highest BCUT2D eigenvalue weighted by Gasteiger charge is 2.15. The normalized spacial score (nSPS) is 11.7. The smallest absolute Gasteiger partial charge is 0.252 e. The Morgan fingerprint density at radius 3 is 2.78 bits per heavy atom. The van der Waals surface area contributed by atoms with E-state index in [2.05, 4.69) is 9.71 Å². The molecule has 1 aromatic carbocycles. The molecule has 2 aromatic heterocycles. The summed E-state index contributed by atoms with van der Waals surface area (Å²) >= 11 is 1.13. The highest BCUT2D eigenvalue weighted by atomic mass is 32.2. The SMILES string of the molecule is COc1ccc2cc(CNS(=O)(=O)c3cccs3)c(=O)[nH]c2c1. The molecule has 0 amide bonds. The zero-order chi connectivity index (χ0) is 16.4. The maximum atomic E-state index is 12.1. The van der Waals surface area contributed by atoms with Crippen molar-refractivity contribution in [3.8, 4) is 5.75 Å². The van der Waals surface area contributed by atoms with Crippen molar-refractivity contribution in [3.05, 3.63) is 57.7 Å². The fourth-order valence-corrected chi connectivity index (χ4v) is 4.19. The molecule has 0 fully saturated rings. The fraction of sp³-hybridized carbons (Fsp3) is 0.133. The van der Waals surface area contributed by atoms with Crippen LogP contribution >= 0.6 is 11.3 Å². The van der Waals surface area contributed by atoms with Crippen LogP contribution < -0.4 is 15.0 Å². The molecule has 0 saturated carbocycles. The van der Waals surface area contributed by atoms with Crippen molar-refractivity contribution < 1.29 is 13.2 Å². The van der Waals surface area contributed by atoms with Gasteiger partial charge in [-0.1, -0.05) is 6.07 Å². The molecule has 6 nitrogen and oxygen atoms in total. The van der Waals surface area contributed by atoms with Gasteiger partial charge in [-0.3, -0.25) is 4.79 Å². The monoisotopic (exact) mass is 350 g/mol. The number of aromatic nitrogens is 1. The van der Waals surface area contributed by atoms with E-state index < -0.39 is 10.0 Å². The van der Waals surface area contributed by atoms with Gasteiger partial charge < -0.3 is 9.72 Å². The summed E-state index contributed by atoms with van der Waals surface area (Å²) in [6.07, 6.45) is 0. The van der Waals surface area contributed by atoms with E-state index in [1.807, 2.05) is 0 Å². The zero-order valence-electron chi connectivity index (χ0n) is 12.2. The third kappa shape index (κ3) is 3.29. The third-order valence-electron chi connectivity index (χ3n) is 3.34. The molecule has 2 heterocycles. The second-order valence-electron chi connectivity index (χ2n) is 4.83. The Morgan fingerprint density at radius 1 is 1.26 bits per heavy atom. The van der Waals surface area contributed by atoms with Crippen molar-refractivity contribution in [3.63, 3.8) is 0 Å². The van der Waals surface area contributed by atoms with Crippen LogP contribution in [0.4, 0.5) is 0 Å². The van der Waals surface area contributed by atoms with Crippen LogP contribution in [0, 0.1) is 0 Å². The van der Waals surface area contributed by atoms with E-state index >= 15 is 0 Å². The van der Waals surface area contributed by atoms with Crippen molar-refractivity contribution in [2.24, 2.45) is 0 Å². The first-order chi connectivity index (χ1) is 11.0. The van der Waals surface area contributed by atoms with Crippen LogP contribution in [0.25, 0.3) is 10.9 Å². The Labute approximate surface area is 136 Å². The predicted molar refractivity (Wildman–Crippen MR) is 89.5 cm³/mol. The average molecular weight is 350 g/mol. The Bertz CT molecular complexity index is 992. The first kappa shape index (κ1) is 15.7. The Balaban J connectivity index is 1.89. The van der Waals surface area contributed by atoms with Gasteiger partial charge in [-0.05, 0) is 35.0 Å². The number of fused-ring (bicyclic) bond motifs is 1. The minimum Gasteiger partial charge on any atom is -0.497 e. The number of benzene rings is 1. The lowest BCUT2D eigenvalue weighted by molar-refractivity contribution is 0.415. The summed E-state index contributed by atoms with van der Waals surface area (Å²) in [6, 6.07) is 10.2. The third-order valence-corrected chi connectivity index (χ3v) is 6.14. The summed E-state index contributed by atoms with van der Waals surface area (Å²) < 4.78 is 32.0. The molecule has 0 aliphatic heterocycles. The quantitative estimate of drug-likeness (QED) is 0.737. The molecule has 0 aliphatic carbocycles. The number of rotatable bonds is 5. The van der Waals surface area contributed by atoms with E-state index in [1.54, 1.807) is 42.8 Å². The van der Waals surface area contributed by atoms with Gasteiger partial charge in [0.25, 0.3) is 5.56 Å². The molecule has 0 aliphatic rings. The summed E-state index contributed by atoms with van der Waals surface area (Å²) in [5, 5.41) is 2.49. The van der Waals surface area contributed by atoms with Crippen LogP contribution in [0.5, 0.6) is 5.75 Å². The molecule has 3 aromatic rings. The number of sulfonamides is 1. The Hall–Kier alpha value is -2.16. The minimum absolute atomic E-state index is 0.0719. The number of ether oxygens (including phenoxy) is 1. The molecule has 3 rings (SSSR count). The van der Waals surface area contributed by atoms with E-state index in [0.717, 1.165) is 16.7 Å². The summed E-state index contributed by atoms with van der Waals surface area (Å²) in [6.45, 7) is -0.0719.